The summed E-state index contributed by atoms with van der Waals surface area (Å²) in [5.41, 5.74) is 1.56. The number of allylic oxidation sites excluding steroid dienone is 1. The molecule has 0 bridgehead atoms. The van der Waals surface area contributed by atoms with Crippen LogP contribution in [0.2, 0.25) is 0 Å². The van der Waals surface area contributed by atoms with Crippen LogP contribution in [-0.2, 0) is 6.42 Å². The minimum atomic E-state index is -4.38. The van der Waals surface area contributed by atoms with E-state index < -0.39 is 11.7 Å². The van der Waals surface area contributed by atoms with Gasteiger partial charge in [0.05, 0.1) is 5.57 Å². The summed E-state index contributed by atoms with van der Waals surface area (Å²) in [6.07, 6.45) is -3.52. The molecule has 0 aromatic heterocycles. The number of rotatable bonds is 4. The number of benzene rings is 2. The van der Waals surface area contributed by atoms with E-state index >= 15 is 0 Å². The number of alkyl halides is 3. The lowest BCUT2D eigenvalue weighted by Gasteiger charge is -2.14. The first kappa shape index (κ1) is 15.4. The fraction of sp³-hybridized carbons (Fsp3) is 0.222. The molecule has 0 amide bonds. The summed E-state index contributed by atoms with van der Waals surface area (Å²) in [4.78, 5) is 0. The molecule has 21 heavy (non-hydrogen) atoms. The quantitative estimate of drug-likeness (QED) is 0.686. The number of hydrogen-bond donors (Lipinski definition) is 0. The number of halogens is 3. The van der Waals surface area contributed by atoms with Gasteiger partial charge in [-0.1, -0.05) is 68.1 Å². The Morgan fingerprint density at radius 3 is 2.10 bits per heavy atom. The van der Waals surface area contributed by atoms with E-state index in [0.29, 0.717) is 0 Å². The zero-order valence-corrected chi connectivity index (χ0v) is 11.8. The van der Waals surface area contributed by atoms with E-state index in [-0.39, 0.29) is 11.5 Å². The van der Waals surface area contributed by atoms with Crippen molar-refractivity contribution in [3.05, 3.63) is 77.9 Å². The molecule has 2 rings (SSSR count). The van der Waals surface area contributed by atoms with Gasteiger partial charge in [0.25, 0.3) is 0 Å². The van der Waals surface area contributed by atoms with Gasteiger partial charge in [-0.05, 0) is 29.0 Å². The predicted octanol–water partition coefficient (Wildman–Crippen LogP) is 5.61. The summed E-state index contributed by atoms with van der Waals surface area (Å²) in [5, 5.41) is 0. The first-order valence-electron chi connectivity index (χ1n) is 6.78. The van der Waals surface area contributed by atoms with Crippen LogP contribution in [0.15, 0.2) is 61.2 Å². The lowest BCUT2D eigenvalue weighted by Crippen LogP contribution is -2.09. The normalized spacial score (nSPS) is 13.0. The van der Waals surface area contributed by atoms with Crippen molar-refractivity contribution in [3.63, 3.8) is 0 Å². The summed E-state index contributed by atoms with van der Waals surface area (Å²) in [6.45, 7) is 5.18. The molecule has 0 saturated heterocycles. The van der Waals surface area contributed by atoms with Gasteiger partial charge in [0.2, 0.25) is 0 Å². The average Bonchev–Trinajstić information content (AvgIpc) is 2.46. The molecule has 3 heteroatoms. The molecule has 2 aromatic rings. The Labute approximate surface area is 122 Å². The Balaban J connectivity index is 2.10. The van der Waals surface area contributed by atoms with Crippen LogP contribution in [0.3, 0.4) is 0 Å². The maximum Gasteiger partial charge on any atom is 0.416 e. The predicted molar refractivity (Wildman–Crippen MR) is 80.1 cm³/mol. The summed E-state index contributed by atoms with van der Waals surface area (Å²) >= 11 is 0. The molecule has 1 atom stereocenters. The fourth-order valence-corrected chi connectivity index (χ4v) is 2.26. The maximum absolute atomic E-state index is 12.6. The molecule has 0 spiro atoms. The van der Waals surface area contributed by atoms with Crippen LogP contribution in [0.4, 0.5) is 13.2 Å². The molecule has 1 unspecified atom stereocenters. The van der Waals surface area contributed by atoms with Gasteiger partial charge in [-0.15, -0.1) is 0 Å². The Morgan fingerprint density at radius 1 is 1.00 bits per heavy atom. The van der Waals surface area contributed by atoms with Crippen molar-refractivity contribution in [1.29, 1.82) is 0 Å². The van der Waals surface area contributed by atoms with Crippen LogP contribution >= 0.6 is 0 Å². The largest absolute Gasteiger partial charge is 0.416 e. The third-order valence-electron chi connectivity index (χ3n) is 3.56. The van der Waals surface area contributed by atoms with E-state index in [1.165, 1.54) is 17.7 Å². The average molecular weight is 290 g/mol. The summed E-state index contributed by atoms with van der Waals surface area (Å²) in [5.74, 6) is 0.251. The molecule has 0 fully saturated rings. The minimum Gasteiger partial charge on any atom is -0.166 e. The molecule has 0 nitrogen and oxygen atoms in total. The van der Waals surface area contributed by atoms with Crippen LogP contribution in [0.5, 0.6) is 0 Å². The van der Waals surface area contributed by atoms with E-state index in [0.717, 1.165) is 12.0 Å². The highest BCUT2D eigenvalue weighted by atomic mass is 19.4. The summed E-state index contributed by atoms with van der Waals surface area (Å²) in [6, 6.07) is 16.5. The Hall–Kier alpha value is -2.03. The lowest BCUT2D eigenvalue weighted by atomic mass is 9.92. The SMILES string of the molecule is C=C(c1ccc(C(C)Cc2ccccc2)cc1)C(F)(F)F. The third-order valence-corrected chi connectivity index (χ3v) is 3.56. The van der Waals surface area contributed by atoms with Crippen molar-refractivity contribution < 1.29 is 13.2 Å². The van der Waals surface area contributed by atoms with Gasteiger partial charge in [0, 0.05) is 0 Å². The van der Waals surface area contributed by atoms with Crippen molar-refractivity contribution in [2.45, 2.75) is 25.4 Å². The van der Waals surface area contributed by atoms with Crippen molar-refractivity contribution in [3.8, 4) is 0 Å². The molecular weight excluding hydrogens is 273 g/mol. The Kier molecular flexibility index (Phi) is 4.51. The molecule has 0 aliphatic rings. The van der Waals surface area contributed by atoms with Gasteiger partial charge in [-0.25, -0.2) is 0 Å². The zero-order valence-electron chi connectivity index (χ0n) is 11.8. The molecule has 2 aromatic carbocycles. The lowest BCUT2D eigenvalue weighted by molar-refractivity contribution is -0.0686. The van der Waals surface area contributed by atoms with Gasteiger partial charge in [-0.3, -0.25) is 0 Å². The highest BCUT2D eigenvalue weighted by molar-refractivity contribution is 5.67. The summed E-state index contributed by atoms with van der Waals surface area (Å²) in [7, 11) is 0. The molecular formula is C18H17F3. The van der Waals surface area contributed by atoms with Crippen molar-refractivity contribution in [2.75, 3.05) is 0 Å². The van der Waals surface area contributed by atoms with Crippen LogP contribution in [0.25, 0.3) is 5.57 Å². The second kappa shape index (κ2) is 6.17. The van der Waals surface area contributed by atoms with Crippen LogP contribution in [0, 0.1) is 0 Å². The van der Waals surface area contributed by atoms with E-state index in [1.54, 1.807) is 12.1 Å². The molecule has 0 aliphatic heterocycles. The maximum atomic E-state index is 12.6. The Morgan fingerprint density at radius 2 is 1.57 bits per heavy atom. The van der Waals surface area contributed by atoms with Crippen molar-refractivity contribution in [2.24, 2.45) is 0 Å². The summed E-state index contributed by atoms with van der Waals surface area (Å²) < 4.78 is 37.7. The van der Waals surface area contributed by atoms with Crippen molar-refractivity contribution >= 4 is 5.57 Å². The van der Waals surface area contributed by atoms with E-state index in [9.17, 15) is 13.2 Å². The molecule has 0 N–H and O–H groups in total. The fourth-order valence-electron chi connectivity index (χ4n) is 2.26. The first-order chi connectivity index (χ1) is 9.88. The molecule has 0 saturated carbocycles. The van der Waals surface area contributed by atoms with Crippen LogP contribution in [0.1, 0.15) is 29.5 Å². The number of hydrogen-bond acceptors (Lipinski definition) is 0. The van der Waals surface area contributed by atoms with Crippen LogP contribution < -0.4 is 0 Å². The van der Waals surface area contributed by atoms with Gasteiger partial charge in [0.1, 0.15) is 0 Å². The molecule has 0 heterocycles. The third kappa shape index (κ3) is 3.97. The van der Waals surface area contributed by atoms with Crippen LogP contribution in [-0.4, -0.2) is 6.18 Å². The Bertz CT molecular complexity index is 595. The molecule has 0 aliphatic carbocycles. The van der Waals surface area contributed by atoms with E-state index in [1.807, 2.05) is 18.2 Å². The topological polar surface area (TPSA) is 0 Å². The van der Waals surface area contributed by atoms with Gasteiger partial charge >= 0.3 is 6.18 Å². The first-order valence-corrected chi connectivity index (χ1v) is 6.78. The van der Waals surface area contributed by atoms with Gasteiger partial charge in [0.15, 0.2) is 0 Å². The highest BCUT2D eigenvalue weighted by Crippen LogP contribution is 2.32. The monoisotopic (exact) mass is 290 g/mol. The smallest absolute Gasteiger partial charge is 0.166 e. The second-order valence-electron chi connectivity index (χ2n) is 5.19. The van der Waals surface area contributed by atoms with E-state index in [2.05, 4.69) is 25.6 Å². The zero-order chi connectivity index (χ0) is 15.5. The van der Waals surface area contributed by atoms with E-state index in [4.69, 9.17) is 0 Å². The van der Waals surface area contributed by atoms with Crippen molar-refractivity contribution in [1.82, 2.24) is 0 Å². The van der Waals surface area contributed by atoms with Gasteiger partial charge < -0.3 is 0 Å². The standard InChI is InChI=1S/C18H17F3/c1-13(12-15-6-4-3-5-7-15)16-8-10-17(11-9-16)14(2)18(19,20)21/h3-11,13H,2,12H2,1H3. The van der Waals surface area contributed by atoms with Gasteiger partial charge in [-0.2, -0.15) is 13.2 Å². The second-order valence-corrected chi connectivity index (χ2v) is 5.19. The molecule has 0 radical (unpaired) electrons. The minimum absolute atomic E-state index is 0.123. The molecule has 110 valence electrons. The highest BCUT2D eigenvalue weighted by Gasteiger charge is 2.32.